The number of likely N-dealkylation sites (tertiary alicyclic amines) is 2. The molecule has 2 aliphatic rings. The summed E-state index contributed by atoms with van der Waals surface area (Å²) in [6, 6.07) is 6.82. The first-order valence-corrected chi connectivity index (χ1v) is 10.6. The molecule has 138 valence electrons. The van der Waals surface area contributed by atoms with Crippen LogP contribution in [0.3, 0.4) is 0 Å². The lowest BCUT2D eigenvalue weighted by atomic mass is 10.1. The Kier molecular flexibility index (Phi) is 5.64. The average Bonchev–Trinajstić information content (AvgIpc) is 3.15. The van der Waals surface area contributed by atoms with Crippen molar-refractivity contribution >= 4 is 16.1 Å². The van der Waals surface area contributed by atoms with E-state index in [4.69, 9.17) is 0 Å². The fraction of sp³-hybridized carbons (Fsp3) is 0.611. The Bertz CT molecular complexity index is 697. The molecule has 1 aromatic carbocycles. The van der Waals surface area contributed by atoms with E-state index >= 15 is 0 Å². The van der Waals surface area contributed by atoms with Gasteiger partial charge in [0.25, 0.3) is 0 Å². The fourth-order valence-corrected chi connectivity index (χ4v) is 4.81. The molecule has 2 amide bonds. The summed E-state index contributed by atoms with van der Waals surface area (Å²) >= 11 is 0. The van der Waals surface area contributed by atoms with E-state index in [-0.39, 0.29) is 17.0 Å². The third-order valence-electron chi connectivity index (χ3n) is 5.03. The Labute approximate surface area is 150 Å². The molecule has 2 aliphatic heterocycles. The maximum atomic E-state index is 12.6. The van der Waals surface area contributed by atoms with Crippen molar-refractivity contribution in [2.75, 3.05) is 26.2 Å². The zero-order chi connectivity index (χ0) is 17.9. The topological polar surface area (TPSA) is 69.7 Å². The lowest BCUT2D eigenvalue weighted by Crippen LogP contribution is -2.52. The molecule has 3 rings (SSSR count). The number of nitrogens with zero attached hydrogens (tertiary/aromatic N) is 2. The van der Waals surface area contributed by atoms with E-state index < -0.39 is 10.0 Å². The number of benzene rings is 1. The van der Waals surface area contributed by atoms with E-state index in [9.17, 15) is 13.2 Å². The van der Waals surface area contributed by atoms with Gasteiger partial charge < -0.3 is 9.80 Å². The molecule has 1 atom stereocenters. The summed E-state index contributed by atoms with van der Waals surface area (Å²) < 4.78 is 28.0. The van der Waals surface area contributed by atoms with Gasteiger partial charge in [-0.1, -0.05) is 19.1 Å². The molecule has 1 aromatic rings. The molecule has 25 heavy (non-hydrogen) atoms. The molecule has 1 N–H and O–H groups in total. The Hall–Kier alpha value is -1.60. The Morgan fingerprint density at radius 2 is 1.72 bits per heavy atom. The van der Waals surface area contributed by atoms with Gasteiger partial charge in [-0.25, -0.2) is 17.9 Å². The van der Waals surface area contributed by atoms with Crippen LogP contribution in [0.15, 0.2) is 29.2 Å². The predicted octanol–water partition coefficient (Wildman–Crippen LogP) is 2.21. The van der Waals surface area contributed by atoms with E-state index in [0.717, 1.165) is 50.8 Å². The van der Waals surface area contributed by atoms with Crippen LogP contribution in [-0.2, 0) is 16.4 Å². The van der Waals surface area contributed by atoms with Crippen LogP contribution in [0, 0.1) is 0 Å². The van der Waals surface area contributed by atoms with E-state index in [1.807, 2.05) is 24.0 Å². The van der Waals surface area contributed by atoms with Crippen molar-refractivity contribution in [1.82, 2.24) is 14.5 Å². The monoisotopic (exact) mass is 365 g/mol. The third kappa shape index (κ3) is 4.33. The molecule has 1 unspecified atom stereocenters. The highest BCUT2D eigenvalue weighted by atomic mass is 32.2. The van der Waals surface area contributed by atoms with Crippen molar-refractivity contribution in [3.63, 3.8) is 0 Å². The van der Waals surface area contributed by atoms with Crippen molar-refractivity contribution in [3.05, 3.63) is 29.8 Å². The minimum absolute atomic E-state index is 0.0497. The first kappa shape index (κ1) is 18.2. The molecule has 0 saturated carbocycles. The second kappa shape index (κ2) is 7.74. The normalized spacial score (nSPS) is 21.6. The number of piperidine rings is 1. The second-order valence-corrected chi connectivity index (χ2v) is 8.59. The number of aryl methyl sites for hydroxylation is 1. The predicted molar refractivity (Wildman–Crippen MR) is 96.9 cm³/mol. The number of carbonyl (C=O) groups excluding carboxylic acids is 1. The van der Waals surface area contributed by atoms with Crippen LogP contribution < -0.4 is 4.72 Å². The summed E-state index contributed by atoms with van der Waals surface area (Å²) in [6.45, 7) is 4.82. The second-order valence-electron chi connectivity index (χ2n) is 6.88. The molecule has 0 radical (unpaired) electrons. The standard InChI is InChI=1S/C18H27N3O3S/c1-2-15-7-9-17(10-8-15)25(23,24)19-16-6-5-13-21(14-16)18(22)20-11-3-4-12-20/h7-10,16,19H,2-6,11-14H2,1H3. The number of sulfonamides is 1. The van der Waals surface area contributed by atoms with Crippen LogP contribution in [-0.4, -0.2) is 56.5 Å². The molecule has 0 aromatic heterocycles. The van der Waals surface area contributed by atoms with Crippen molar-refractivity contribution in [2.45, 2.75) is 50.0 Å². The van der Waals surface area contributed by atoms with Crippen molar-refractivity contribution in [3.8, 4) is 0 Å². The minimum Gasteiger partial charge on any atom is -0.325 e. The van der Waals surface area contributed by atoms with E-state index in [0.29, 0.717) is 13.1 Å². The van der Waals surface area contributed by atoms with Gasteiger partial charge in [-0.05, 0) is 49.8 Å². The highest BCUT2D eigenvalue weighted by molar-refractivity contribution is 7.89. The zero-order valence-electron chi connectivity index (χ0n) is 14.8. The SMILES string of the molecule is CCc1ccc(S(=O)(=O)NC2CCCN(C(=O)N3CCCC3)C2)cc1. The van der Waals surface area contributed by atoms with Gasteiger partial charge in [-0.3, -0.25) is 0 Å². The quantitative estimate of drug-likeness (QED) is 0.889. The van der Waals surface area contributed by atoms with Crippen molar-refractivity contribution < 1.29 is 13.2 Å². The van der Waals surface area contributed by atoms with Crippen LogP contribution >= 0.6 is 0 Å². The molecule has 6 nitrogen and oxygen atoms in total. The number of rotatable bonds is 4. The molecule has 7 heteroatoms. The fourth-order valence-electron chi connectivity index (χ4n) is 3.55. The van der Waals surface area contributed by atoms with Gasteiger partial charge in [-0.2, -0.15) is 0 Å². The number of hydrogen-bond acceptors (Lipinski definition) is 3. The molecule has 0 aliphatic carbocycles. The minimum atomic E-state index is -3.55. The summed E-state index contributed by atoms with van der Waals surface area (Å²) in [5, 5.41) is 0. The molecule has 2 saturated heterocycles. The summed E-state index contributed by atoms with van der Waals surface area (Å²) in [7, 11) is -3.55. The van der Waals surface area contributed by atoms with Gasteiger partial charge in [0.15, 0.2) is 0 Å². The van der Waals surface area contributed by atoms with Crippen molar-refractivity contribution in [2.24, 2.45) is 0 Å². The molecular formula is C18H27N3O3S. The third-order valence-corrected chi connectivity index (χ3v) is 6.57. The van der Waals surface area contributed by atoms with Gasteiger partial charge in [0.05, 0.1) is 4.90 Å². The van der Waals surface area contributed by atoms with Crippen LogP contribution in [0.25, 0.3) is 0 Å². The lowest BCUT2D eigenvalue weighted by Gasteiger charge is -2.35. The number of hydrogen-bond donors (Lipinski definition) is 1. The Balaban J connectivity index is 1.63. The van der Waals surface area contributed by atoms with Crippen LogP contribution in [0.1, 0.15) is 38.2 Å². The first-order chi connectivity index (χ1) is 12.0. The maximum Gasteiger partial charge on any atom is 0.320 e. The summed E-state index contributed by atoms with van der Waals surface area (Å²) in [6.07, 6.45) is 4.58. The highest BCUT2D eigenvalue weighted by Gasteiger charge is 2.30. The van der Waals surface area contributed by atoms with Gasteiger partial charge in [-0.15, -0.1) is 0 Å². The van der Waals surface area contributed by atoms with E-state index in [1.165, 1.54) is 0 Å². The Morgan fingerprint density at radius 3 is 2.36 bits per heavy atom. The number of carbonyl (C=O) groups is 1. The zero-order valence-corrected chi connectivity index (χ0v) is 15.6. The number of nitrogens with one attached hydrogen (secondary N) is 1. The largest absolute Gasteiger partial charge is 0.325 e. The lowest BCUT2D eigenvalue weighted by molar-refractivity contribution is 0.145. The summed E-state index contributed by atoms with van der Waals surface area (Å²) in [5.41, 5.74) is 1.11. The van der Waals surface area contributed by atoms with Crippen molar-refractivity contribution in [1.29, 1.82) is 0 Å². The molecule has 0 bridgehead atoms. The van der Waals surface area contributed by atoms with Gasteiger partial charge in [0.2, 0.25) is 10.0 Å². The van der Waals surface area contributed by atoms with E-state index in [2.05, 4.69) is 4.72 Å². The number of amides is 2. The first-order valence-electron chi connectivity index (χ1n) is 9.15. The molecule has 2 heterocycles. The average molecular weight is 365 g/mol. The summed E-state index contributed by atoms with van der Waals surface area (Å²) in [4.78, 5) is 16.5. The van der Waals surface area contributed by atoms with Crippen LogP contribution in [0.5, 0.6) is 0 Å². The molecular weight excluding hydrogens is 338 g/mol. The number of urea groups is 1. The molecule has 2 fully saturated rings. The van der Waals surface area contributed by atoms with Gasteiger partial charge >= 0.3 is 6.03 Å². The van der Waals surface area contributed by atoms with Gasteiger partial charge in [0, 0.05) is 32.2 Å². The van der Waals surface area contributed by atoms with Gasteiger partial charge in [0.1, 0.15) is 0 Å². The molecule has 0 spiro atoms. The Morgan fingerprint density at radius 1 is 1.08 bits per heavy atom. The summed E-state index contributed by atoms with van der Waals surface area (Å²) in [5.74, 6) is 0. The smallest absolute Gasteiger partial charge is 0.320 e. The van der Waals surface area contributed by atoms with Crippen LogP contribution in [0.2, 0.25) is 0 Å². The van der Waals surface area contributed by atoms with E-state index in [1.54, 1.807) is 17.0 Å². The van der Waals surface area contributed by atoms with Crippen LogP contribution in [0.4, 0.5) is 4.79 Å². The highest BCUT2D eigenvalue weighted by Crippen LogP contribution is 2.18. The maximum absolute atomic E-state index is 12.6.